The molecule has 1 aliphatic heterocycles. The van der Waals surface area contributed by atoms with Crippen molar-refractivity contribution in [1.82, 2.24) is 9.80 Å². The molecule has 0 aliphatic carbocycles. The van der Waals surface area contributed by atoms with E-state index >= 15 is 0 Å². The minimum absolute atomic E-state index is 0.0784. The lowest BCUT2D eigenvalue weighted by Crippen LogP contribution is -2.34. The SMILES string of the molecule is CCCOc1ccc(C2=C(N(C)CCO)C(=O)N(Cc3ccccc3Cl)C2=O)cc1. The highest BCUT2D eigenvalue weighted by molar-refractivity contribution is 6.35. The number of benzene rings is 2. The fourth-order valence-electron chi connectivity index (χ4n) is 3.32. The molecular formula is C23H25ClN2O4. The minimum Gasteiger partial charge on any atom is -0.494 e. The first-order chi connectivity index (χ1) is 14.5. The van der Waals surface area contributed by atoms with Gasteiger partial charge in [0.2, 0.25) is 0 Å². The summed E-state index contributed by atoms with van der Waals surface area (Å²) in [5.41, 5.74) is 1.89. The molecule has 0 atom stereocenters. The Kier molecular flexibility index (Phi) is 7.13. The number of halogens is 1. The Morgan fingerprint density at radius 2 is 1.77 bits per heavy atom. The summed E-state index contributed by atoms with van der Waals surface area (Å²) in [6.45, 7) is 2.81. The Hall–Kier alpha value is -2.83. The van der Waals surface area contributed by atoms with Crippen LogP contribution in [0.2, 0.25) is 5.02 Å². The average molecular weight is 429 g/mol. The van der Waals surface area contributed by atoms with E-state index in [9.17, 15) is 14.7 Å². The lowest BCUT2D eigenvalue weighted by molar-refractivity contribution is -0.138. The summed E-state index contributed by atoms with van der Waals surface area (Å²) in [5.74, 6) is -0.0877. The maximum Gasteiger partial charge on any atom is 0.278 e. The molecule has 3 rings (SSSR count). The van der Waals surface area contributed by atoms with Gasteiger partial charge in [-0.3, -0.25) is 14.5 Å². The van der Waals surface area contributed by atoms with Gasteiger partial charge < -0.3 is 14.7 Å². The number of hydrogen-bond acceptors (Lipinski definition) is 5. The van der Waals surface area contributed by atoms with Crippen molar-refractivity contribution in [2.45, 2.75) is 19.9 Å². The number of hydrogen-bond donors (Lipinski definition) is 1. The van der Waals surface area contributed by atoms with Crippen molar-refractivity contribution in [3.8, 4) is 5.75 Å². The fourth-order valence-corrected chi connectivity index (χ4v) is 3.51. The molecule has 30 heavy (non-hydrogen) atoms. The fraction of sp³-hybridized carbons (Fsp3) is 0.304. The molecule has 0 saturated carbocycles. The average Bonchev–Trinajstić information content (AvgIpc) is 2.99. The predicted octanol–water partition coefficient (Wildman–Crippen LogP) is 3.33. The predicted molar refractivity (Wildman–Crippen MR) is 116 cm³/mol. The van der Waals surface area contributed by atoms with Gasteiger partial charge in [0.15, 0.2) is 0 Å². The van der Waals surface area contributed by atoms with Gasteiger partial charge in [-0.25, -0.2) is 0 Å². The third-order valence-electron chi connectivity index (χ3n) is 4.86. The zero-order chi connectivity index (χ0) is 21.7. The monoisotopic (exact) mass is 428 g/mol. The van der Waals surface area contributed by atoms with Crippen LogP contribution in [0.3, 0.4) is 0 Å². The molecular weight excluding hydrogens is 404 g/mol. The van der Waals surface area contributed by atoms with E-state index < -0.39 is 5.91 Å². The molecule has 0 fully saturated rings. The van der Waals surface area contributed by atoms with Crippen molar-refractivity contribution in [2.24, 2.45) is 0 Å². The maximum absolute atomic E-state index is 13.3. The molecule has 2 aromatic carbocycles. The number of aliphatic hydroxyl groups excluding tert-OH is 1. The van der Waals surface area contributed by atoms with Crippen LogP contribution < -0.4 is 4.74 Å². The van der Waals surface area contributed by atoms with E-state index in [0.717, 1.165) is 6.42 Å². The Morgan fingerprint density at radius 1 is 1.07 bits per heavy atom. The zero-order valence-electron chi connectivity index (χ0n) is 17.1. The van der Waals surface area contributed by atoms with E-state index in [1.165, 1.54) is 4.90 Å². The van der Waals surface area contributed by atoms with Crippen molar-refractivity contribution < 1.29 is 19.4 Å². The van der Waals surface area contributed by atoms with Gasteiger partial charge in [-0.2, -0.15) is 0 Å². The van der Waals surface area contributed by atoms with Crippen molar-refractivity contribution in [3.63, 3.8) is 0 Å². The highest BCUT2D eigenvalue weighted by Gasteiger charge is 2.40. The molecule has 1 N–H and O–H groups in total. The largest absolute Gasteiger partial charge is 0.494 e. The van der Waals surface area contributed by atoms with Crippen LogP contribution in [0.25, 0.3) is 5.57 Å². The summed E-state index contributed by atoms with van der Waals surface area (Å²) < 4.78 is 5.61. The van der Waals surface area contributed by atoms with Crippen molar-refractivity contribution in [1.29, 1.82) is 0 Å². The van der Waals surface area contributed by atoms with E-state index in [1.807, 2.05) is 13.0 Å². The standard InChI is InChI=1S/C23H25ClN2O4/c1-3-14-30-18-10-8-16(9-11-18)20-21(25(2)12-13-27)23(29)26(22(20)28)15-17-6-4-5-7-19(17)24/h4-11,27H,3,12-15H2,1-2H3. The molecule has 1 aliphatic rings. The van der Waals surface area contributed by atoms with Gasteiger partial charge in [0.05, 0.1) is 25.3 Å². The van der Waals surface area contributed by atoms with Crippen LogP contribution in [0.1, 0.15) is 24.5 Å². The number of carbonyl (C=O) groups excluding carboxylic acids is 2. The number of ether oxygens (including phenoxy) is 1. The van der Waals surface area contributed by atoms with Gasteiger partial charge in [-0.05, 0) is 35.7 Å². The van der Waals surface area contributed by atoms with Gasteiger partial charge >= 0.3 is 0 Å². The quantitative estimate of drug-likeness (QED) is 0.620. The third-order valence-corrected chi connectivity index (χ3v) is 5.23. The van der Waals surface area contributed by atoms with Gasteiger partial charge in [0.1, 0.15) is 11.4 Å². The number of likely N-dealkylation sites (N-methyl/N-ethyl adjacent to an activating group) is 1. The second kappa shape index (κ2) is 9.78. The minimum atomic E-state index is -0.405. The second-order valence-electron chi connectivity index (χ2n) is 7.03. The van der Waals surface area contributed by atoms with Crippen LogP contribution in [0, 0.1) is 0 Å². The van der Waals surface area contributed by atoms with Crippen LogP contribution in [0.15, 0.2) is 54.2 Å². The summed E-state index contributed by atoms with van der Waals surface area (Å²) in [7, 11) is 1.69. The summed E-state index contributed by atoms with van der Waals surface area (Å²) >= 11 is 6.24. The van der Waals surface area contributed by atoms with Crippen molar-refractivity contribution in [2.75, 3.05) is 26.8 Å². The highest BCUT2D eigenvalue weighted by atomic mass is 35.5. The van der Waals surface area contributed by atoms with Crippen LogP contribution in [0.4, 0.5) is 0 Å². The molecule has 0 unspecified atom stereocenters. The summed E-state index contributed by atoms with van der Waals surface area (Å²) in [6.07, 6.45) is 0.896. The summed E-state index contributed by atoms with van der Waals surface area (Å²) in [6, 6.07) is 14.3. The van der Waals surface area contributed by atoms with Gasteiger partial charge in [-0.1, -0.05) is 48.9 Å². The van der Waals surface area contributed by atoms with Crippen LogP contribution in [-0.2, 0) is 16.1 Å². The first-order valence-electron chi connectivity index (χ1n) is 9.87. The normalized spacial score (nSPS) is 13.9. The number of aliphatic hydroxyl groups is 1. The van der Waals surface area contributed by atoms with E-state index in [4.69, 9.17) is 16.3 Å². The number of imide groups is 1. The van der Waals surface area contributed by atoms with E-state index in [1.54, 1.807) is 54.4 Å². The molecule has 0 radical (unpaired) electrons. The number of rotatable bonds is 9. The number of amides is 2. The van der Waals surface area contributed by atoms with Crippen molar-refractivity contribution in [3.05, 3.63) is 70.4 Å². The second-order valence-corrected chi connectivity index (χ2v) is 7.44. The maximum atomic E-state index is 13.3. The third kappa shape index (κ3) is 4.50. The van der Waals surface area contributed by atoms with Crippen LogP contribution in [-0.4, -0.2) is 53.5 Å². The van der Waals surface area contributed by atoms with E-state index in [0.29, 0.717) is 34.1 Å². The van der Waals surface area contributed by atoms with Gasteiger partial charge in [0.25, 0.3) is 11.8 Å². The first kappa shape index (κ1) is 21.9. The molecule has 158 valence electrons. The Bertz CT molecular complexity index is 956. The van der Waals surface area contributed by atoms with Crippen LogP contribution >= 0.6 is 11.6 Å². The van der Waals surface area contributed by atoms with Crippen LogP contribution in [0.5, 0.6) is 5.75 Å². The lowest BCUT2D eigenvalue weighted by atomic mass is 10.0. The topological polar surface area (TPSA) is 70.1 Å². The Labute approximate surface area is 181 Å². The molecule has 2 aromatic rings. The Balaban J connectivity index is 1.96. The zero-order valence-corrected chi connectivity index (χ0v) is 17.9. The number of carbonyl (C=O) groups is 2. The Morgan fingerprint density at radius 3 is 2.40 bits per heavy atom. The first-order valence-corrected chi connectivity index (χ1v) is 10.2. The van der Waals surface area contributed by atoms with Crippen molar-refractivity contribution >= 4 is 29.0 Å². The molecule has 7 heteroatoms. The summed E-state index contributed by atoms with van der Waals surface area (Å²) in [5, 5.41) is 9.85. The molecule has 1 heterocycles. The van der Waals surface area contributed by atoms with E-state index in [2.05, 4.69) is 0 Å². The molecule has 0 saturated heterocycles. The lowest BCUT2D eigenvalue weighted by Gasteiger charge is -2.20. The molecule has 2 amide bonds. The van der Waals surface area contributed by atoms with E-state index in [-0.39, 0.29) is 31.3 Å². The molecule has 0 aromatic heterocycles. The molecule has 6 nitrogen and oxygen atoms in total. The summed E-state index contributed by atoms with van der Waals surface area (Å²) in [4.78, 5) is 29.3. The number of nitrogens with zero attached hydrogens (tertiary/aromatic N) is 2. The molecule has 0 bridgehead atoms. The van der Waals surface area contributed by atoms with Gasteiger partial charge in [0, 0.05) is 18.6 Å². The molecule has 0 spiro atoms. The van der Waals surface area contributed by atoms with Gasteiger partial charge in [-0.15, -0.1) is 0 Å². The highest BCUT2D eigenvalue weighted by Crippen LogP contribution is 2.33. The smallest absolute Gasteiger partial charge is 0.278 e.